The molecule has 6 heteroatoms. The van der Waals surface area contributed by atoms with Gasteiger partial charge in [-0.2, -0.15) is 0 Å². The van der Waals surface area contributed by atoms with E-state index in [0.717, 1.165) is 11.1 Å². The zero-order valence-electron chi connectivity index (χ0n) is 16.2. The number of likely N-dealkylation sites (N-methyl/N-ethyl adjacent to an activating group) is 1. The lowest BCUT2D eigenvalue weighted by Gasteiger charge is -2.25. The van der Waals surface area contributed by atoms with Gasteiger partial charge in [-0.05, 0) is 36.8 Å². The minimum Gasteiger partial charge on any atom is -0.507 e. The van der Waals surface area contributed by atoms with Crippen LogP contribution >= 0.6 is 11.6 Å². The van der Waals surface area contributed by atoms with Crippen molar-refractivity contribution in [2.24, 2.45) is 0 Å². The van der Waals surface area contributed by atoms with Crippen molar-refractivity contribution in [2.45, 2.75) is 13.0 Å². The van der Waals surface area contributed by atoms with Gasteiger partial charge in [-0.15, -0.1) is 0 Å². The largest absolute Gasteiger partial charge is 0.507 e. The maximum atomic E-state index is 12.9. The molecule has 0 aliphatic carbocycles. The Morgan fingerprint density at radius 3 is 2.25 bits per heavy atom. The zero-order valence-corrected chi connectivity index (χ0v) is 17.0. The van der Waals surface area contributed by atoms with E-state index in [-0.39, 0.29) is 11.3 Å². The van der Waals surface area contributed by atoms with Gasteiger partial charge in [-0.3, -0.25) is 9.59 Å². The summed E-state index contributed by atoms with van der Waals surface area (Å²) in [6.07, 6.45) is 0. The summed E-state index contributed by atoms with van der Waals surface area (Å²) < 4.78 is 0. The molecule has 0 bridgehead atoms. The number of aliphatic hydroxyl groups is 1. The number of carbonyl (C=O) groups is 2. The van der Waals surface area contributed by atoms with Crippen LogP contribution < -0.4 is 4.90 Å². The fraction of sp³-hybridized carbons (Fsp3) is 0.273. The average molecular weight is 400 g/mol. The summed E-state index contributed by atoms with van der Waals surface area (Å²) in [7, 11) is 3.98. The van der Waals surface area contributed by atoms with Gasteiger partial charge in [0.05, 0.1) is 38.8 Å². The topological polar surface area (TPSA) is 62.0 Å². The van der Waals surface area contributed by atoms with Crippen LogP contribution in [0.1, 0.15) is 22.7 Å². The van der Waals surface area contributed by atoms with Crippen LogP contribution in [0, 0.1) is 6.92 Å². The van der Waals surface area contributed by atoms with E-state index in [1.807, 2.05) is 45.3 Å². The van der Waals surface area contributed by atoms with Gasteiger partial charge in [0.15, 0.2) is 0 Å². The Kier molecular flexibility index (Phi) is 5.87. The molecule has 2 aromatic rings. The van der Waals surface area contributed by atoms with E-state index in [1.165, 1.54) is 4.90 Å². The Morgan fingerprint density at radius 1 is 1.07 bits per heavy atom. The quantitative estimate of drug-likeness (QED) is 0.460. The molecule has 0 unspecified atom stereocenters. The highest BCUT2D eigenvalue weighted by molar-refractivity contribution is 6.46. The number of hydrogen-bond donors (Lipinski definition) is 2. The molecule has 1 atom stereocenters. The third-order valence-electron chi connectivity index (χ3n) is 4.90. The number of hydrogen-bond acceptors (Lipinski definition) is 3. The van der Waals surface area contributed by atoms with E-state index in [2.05, 4.69) is 0 Å². The summed E-state index contributed by atoms with van der Waals surface area (Å²) in [5.74, 6) is -1.42. The molecule has 0 aromatic heterocycles. The van der Waals surface area contributed by atoms with E-state index >= 15 is 0 Å². The van der Waals surface area contributed by atoms with Crippen molar-refractivity contribution in [2.75, 3.05) is 27.2 Å². The molecule has 0 radical (unpaired) electrons. The van der Waals surface area contributed by atoms with Crippen molar-refractivity contribution >= 4 is 29.1 Å². The molecule has 2 N–H and O–H groups in total. The first-order chi connectivity index (χ1) is 13.3. The lowest BCUT2D eigenvalue weighted by molar-refractivity contribution is -0.857. The number of Topliss-reactive ketones (excluding diaryl/α,β-unsaturated/α-hetero) is 1. The third-order valence-corrected chi connectivity index (χ3v) is 5.16. The minimum absolute atomic E-state index is 0.116. The summed E-state index contributed by atoms with van der Waals surface area (Å²) in [5, 5.41) is 11.4. The van der Waals surface area contributed by atoms with E-state index in [4.69, 9.17) is 11.6 Å². The SMILES string of the molecule is Cc1ccc([C@H]2C(=C(O)c3ccc(Cl)cc3)C(=O)C(=O)N2CC[NH+](C)C)cc1. The predicted octanol–water partition coefficient (Wildman–Crippen LogP) is 2.21. The van der Waals surface area contributed by atoms with Crippen molar-refractivity contribution < 1.29 is 19.6 Å². The van der Waals surface area contributed by atoms with E-state index in [0.29, 0.717) is 23.7 Å². The standard InChI is InChI=1S/C22H23ClN2O3/c1-14-4-6-15(7-5-14)19-18(20(26)16-8-10-17(23)11-9-16)21(27)22(28)25(19)13-12-24(2)3/h4-11,19,26H,12-13H2,1-3H3/p+1/t19-/m0/s1. The highest BCUT2D eigenvalue weighted by Gasteiger charge is 2.46. The van der Waals surface area contributed by atoms with Gasteiger partial charge >= 0.3 is 0 Å². The van der Waals surface area contributed by atoms with Crippen molar-refractivity contribution in [3.05, 3.63) is 75.8 Å². The number of benzene rings is 2. The predicted molar refractivity (Wildman–Crippen MR) is 109 cm³/mol. The van der Waals surface area contributed by atoms with Gasteiger partial charge in [-0.1, -0.05) is 41.4 Å². The number of ketones is 1. The third kappa shape index (κ3) is 3.96. The van der Waals surface area contributed by atoms with Crippen LogP contribution in [-0.2, 0) is 9.59 Å². The number of nitrogens with one attached hydrogen (secondary N) is 1. The molecular weight excluding hydrogens is 376 g/mol. The summed E-state index contributed by atoms with van der Waals surface area (Å²) in [4.78, 5) is 28.3. The summed E-state index contributed by atoms with van der Waals surface area (Å²) in [6, 6.07) is 13.6. The highest BCUT2D eigenvalue weighted by atomic mass is 35.5. The number of carbonyl (C=O) groups excluding carboxylic acids is 2. The Morgan fingerprint density at radius 2 is 1.68 bits per heavy atom. The summed E-state index contributed by atoms with van der Waals surface area (Å²) in [5.41, 5.74) is 2.45. The fourth-order valence-electron chi connectivity index (χ4n) is 3.31. The second-order valence-electron chi connectivity index (χ2n) is 7.37. The van der Waals surface area contributed by atoms with Crippen LogP contribution in [0.5, 0.6) is 0 Å². The van der Waals surface area contributed by atoms with E-state index < -0.39 is 17.7 Å². The first-order valence-corrected chi connectivity index (χ1v) is 9.57. The van der Waals surface area contributed by atoms with Crippen molar-refractivity contribution in [3.63, 3.8) is 0 Å². The van der Waals surface area contributed by atoms with Crippen molar-refractivity contribution in [1.82, 2.24) is 4.90 Å². The number of aliphatic hydroxyl groups excluding tert-OH is 1. The van der Waals surface area contributed by atoms with E-state index in [1.54, 1.807) is 29.2 Å². The molecule has 0 saturated carbocycles. The van der Waals surface area contributed by atoms with Gasteiger partial charge in [0.25, 0.3) is 11.7 Å². The number of aryl methyl sites for hydroxylation is 1. The zero-order chi connectivity index (χ0) is 20.4. The molecule has 5 nitrogen and oxygen atoms in total. The van der Waals surface area contributed by atoms with Crippen LogP contribution in [0.4, 0.5) is 0 Å². The summed E-state index contributed by atoms with van der Waals surface area (Å²) in [6.45, 7) is 3.09. The summed E-state index contributed by atoms with van der Waals surface area (Å²) >= 11 is 5.93. The molecule has 1 amide bonds. The van der Waals surface area contributed by atoms with Gasteiger partial charge in [0.2, 0.25) is 0 Å². The Balaban J connectivity index is 2.13. The van der Waals surface area contributed by atoms with Crippen LogP contribution in [0.15, 0.2) is 54.1 Å². The molecule has 2 aromatic carbocycles. The van der Waals surface area contributed by atoms with Crippen molar-refractivity contribution in [3.8, 4) is 0 Å². The molecule has 1 aliphatic heterocycles. The van der Waals surface area contributed by atoms with Crippen LogP contribution in [0.2, 0.25) is 5.02 Å². The lowest BCUT2D eigenvalue weighted by atomic mass is 9.95. The smallest absolute Gasteiger partial charge is 0.295 e. The van der Waals surface area contributed by atoms with Gasteiger partial charge in [0, 0.05) is 10.6 Å². The average Bonchev–Trinajstić information content (AvgIpc) is 2.91. The molecule has 3 rings (SSSR count). The molecule has 1 fully saturated rings. The first-order valence-electron chi connectivity index (χ1n) is 9.19. The molecule has 28 heavy (non-hydrogen) atoms. The second-order valence-corrected chi connectivity index (χ2v) is 7.80. The monoisotopic (exact) mass is 399 g/mol. The minimum atomic E-state index is -0.660. The van der Waals surface area contributed by atoms with Gasteiger partial charge in [0.1, 0.15) is 5.76 Å². The highest BCUT2D eigenvalue weighted by Crippen LogP contribution is 2.39. The number of rotatable bonds is 5. The first kappa shape index (κ1) is 20.1. The van der Waals surface area contributed by atoms with Crippen LogP contribution in [0.25, 0.3) is 5.76 Å². The van der Waals surface area contributed by atoms with E-state index in [9.17, 15) is 14.7 Å². The van der Waals surface area contributed by atoms with Crippen molar-refractivity contribution in [1.29, 1.82) is 0 Å². The Labute approximate surface area is 169 Å². The fourth-order valence-corrected chi connectivity index (χ4v) is 3.44. The molecular formula is C22H24ClN2O3+. The Hall–Kier alpha value is -2.63. The van der Waals surface area contributed by atoms with Crippen LogP contribution in [-0.4, -0.2) is 48.9 Å². The van der Waals surface area contributed by atoms with Crippen LogP contribution in [0.3, 0.4) is 0 Å². The Bertz CT molecular complexity index is 918. The van der Waals surface area contributed by atoms with Gasteiger partial charge < -0.3 is 14.9 Å². The van der Waals surface area contributed by atoms with Gasteiger partial charge in [-0.25, -0.2) is 0 Å². The number of amides is 1. The maximum Gasteiger partial charge on any atom is 0.295 e. The molecule has 1 aliphatic rings. The molecule has 146 valence electrons. The molecule has 1 saturated heterocycles. The normalized spacial score (nSPS) is 18.9. The number of quaternary nitrogens is 1. The second kappa shape index (κ2) is 8.17. The number of likely N-dealkylation sites (tertiary alicyclic amines) is 1. The number of nitrogens with zero attached hydrogens (tertiary/aromatic N) is 1. The lowest BCUT2D eigenvalue weighted by Crippen LogP contribution is -3.06. The maximum absolute atomic E-state index is 12.9. The number of halogens is 1. The molecule has 0 spiro atoms. The molecule has 1 heterocycles.